The van der Waals surface area contributed by atoms with Gasteiger partial charge in [0.15, 0.2) is 0 Å². The number of nitrogens with one attached hydrogen (secondary N) is 1. The van der Waals surface area contributed by atoms with Gasteiger partial charge < -0.3 is 5.11 Å². The van der Waals surface area contributed by atoms with Crippen molar-refractivity contribution in [1.29, 1.82) is 0 Å². The lowest BCUT2D eigenvalue weighted by Crippen LogP contribution is -2.39. The zero-order valence-corrected chi connectivity index (χ0v) is 12.6. The average Bonchev–Trinajstić information content (AvgIpc) is 3.06. The third-order valence-electron chi connectivity index (χ3n) is 3.39. The molecule has 8 heteroatoms. The minimum atomic E-state index is -3.90. The van der Waals surface area contributed by atoms with Crippen LogP contribution < -0.4 is 0 Å². The number of aryl methyl sites for hydroxylation is 1. The van der Waals surface area contributed by atoms with Crippen LogP contribution in [-0.2, 0) is 10.0 Å². The van der Waals surface area contributed by atoms with Crippen LogP contribution in [0.25, 0.3) is 0 Å². The molecule has 0 radical (unpaired) electrons. The molecule has 0 saturated heterocycles. The maximum absolute atomic E-state index is 12.7. The summed E-state index contributed by atoms with van der Waals surface area (Å²) in [7, 11) is -3.90. The summed E-state index contributed by atoms with van der Waals surface area (Å²) < 4.78 is 26.7. The van der Waals surface area contributed by atoms with Crippen LogP contribution in [0.5, 0.6) is 0 Å². The van der Waals surface area contributed by atoms with Crippen LogP contribution in [0.4, 0.5) is 0 Å². The number of aromatic carboxylic acids is 1. The normalized spacial score (nSPS) is 16.1. The third-order valence-corrected chi connectivity index (χ3v) is 5.36. The highest BCUT2D eigenvalue weighted by molar-refractivity contribution is 7.89. The lowest BCUT2D eigenvalue weighted by molar-refractivity contribution is 0.0691. The number of sulfonamides is 1. The van der Waals surface area contributed by atoms with Gasteiger partial charge in [-0.1, -0.05) is 0 Å². The predicted molar refractivity (Wildman–Crippen MR) is 72.0 cm³/mol. The fourth-order valence-corrected chi connectivity index (χ4v) is 3.94. The van der Waals surface area contributed by atoms with E-state index >= 15 is 0 Å². The zero-order chi connectivity index (χ0) is 15.1. The maximum Gasteiger partial charge on any atom is 0.340 e. The van der Waals surface area contributed by atoms with Gasteiger partial charge >= 0.3 is 5.97 Å². The summed E-state index contributed by atoms with van der Waals surface area (Å²) in [6.45, 7) is 5.47. The highest BCUT2D eigenvalue weighted by Crippen LogP contribution is 2.33. The van der Waals surface area contributed by atoms with E-state index < -0.39 is 21.0 Å². The number of hydrogen-bond donors (Lipinski definition) is 2. The van der Waals surface area contributed by atoms with E-state index in [9.17, 15) is 18.3 Å². The first kappa shape index (κ1) is 15.0. The number of carboxylic acids is 1. The molecule has 7 nitrogen and oxygen atoms in total. The van der Waals surface area contributed by atoms with Gasteiger partial charge in [-0.25, -0.2) is 13.2 Å². The van der Waals surface area contributed by atoms with Crippen LogP contribution in [0.15, 0.2) is 5.03 Å². The Morgan fingerprint density at radius 1 is 1.50 bits per heavy atom. The van der Waals surface area contributed by atoms with Crippen molar-refractivity contribution in [2.24, 2.45) is 5.92 Å². The summed E-state index contributed by atoms with van der Waals surface area (Å²) in [6.07, 6.45) is 2.04. The molecule has 2 N–H and O–H groups in total. The summed E-state index contributed by atoms with van der Waals surface area (Å²) in [6, 6.07) is -0.237. The van der Waals surface area contributed by atoms with Gasteiger partial charge in [0.05, 0.1) is 0 Å². The van der Waals surface area contributed by atoms with Gasteiger partial charge in [-0.15, -0.1) is 0 Å². The maximum atomic E-state index is 12.7. The fourth-order valence-electron chi connectivity index (χ4n) is 2.10. The molecule has 0 atom stereocenters. The van der Waals surface area contributed by atoms with E-state index in [1.807, 2.05) is 0 Å². The van der Waals surface area contributed by atoms with E-state index in [1.54, 1.807) is 13.8 Å². The summed E-state index contributed by atoms with van der Waals surface area (Å²) in [5, 5.41) is 14.9. The van der Waals surface area contributed by atoms with Crippen molar-refractivity contribution in [3.05, 3.63) is 11.3 Å². The van der Waals surface area contributed by atoms with Gasteiger partial charge in [-0.2, -0.15) is 9.40 Å². The largest absolute Gasteiger partial charge is 0.478 e. The number of hydrogen-bond acceptors (Lipinski definition) is 4. The van der Waals surface area contributed by atoms with Gasteiger partial charge in [0.1, 0.15) is 5.56 Å². The molecule has 1 fully saturated rings. The van der Waals surface area contributed by atoms with E-state index in [2.05, 4.69) is 10.2 Å². The van der Waals surface area contributed by atoms with Crippen LogP contribution in [0, 0.1) is 12.8 Å². The molecule has 1 aliphatic rings. The van der Waals surface area contributed by atoms with Gasteiger partial charge in [-0.3, -0.25) is 5.10 Å². The number of carbonyl (C=O) groups is 1. The minimum Gasteiger partial charge on any atom is -0.478 e. The van der Waals surface area contributed by atoms with Crippen molar-refractivity contribution in [2.45, 2.75) is 44.7 Å². The molecule has 0 spiro atoms. The van der Waals surface area contributed by atoms with Crippen LogP contribution in [0.1, 0.15) is 42.7 Å². The quantitative estimate of drug-likeness (QED) is 0.822. The topological polar surface area (TPSA) is 103 Å². The Balaban J connectivity index is 2.44. The Labute approximate surface area is 118 Å². The Kier molecular flexibility index (Phi) is 3.88. The summed E-state index contributed by atoms with van der Waals surface area (Å²) in [5.74, 6) is -0.912. The SMILES string of the molecule is Cc1[nH]nc(S(=O)(=O)N(CC2CC2)C(C)C)c1C(=O)O. The molecule has 0 aliphatic heterocycles. The molecule has 20 heavy (non-hydrogen) atoms. The number of rotatable bonds is 6. The van der Waals surface area contributed by atoms with E-state index in [4.69, 9.17) is 0 Å². The number of aromatic amines is 1. The molecule has 0 bridgehead atoms. The van der Waals surface area contributed by atoms with Gasteiger partial charge in [0.2, 0.25) is 5.03 Å². The second-order valence-corrected chi connectivity index (χ2v) is 7.25. The molecule has 1 aromatic heterocycles. The summed E-state index contributed by atoms with van der Waals surface area (Å²) in [4.78, 5) is 11.2. The van der Waals surface area contributed by atoms with Crippen LogP contribution in [0.3, 0.4) is 0 Å². The van der Waals surface area contributed by atoms with Crippen LogP contribution >= 0.6 is 0 Å². The Bertz CT molecular complexity index is 617. The molecule has 1 saturated carbocycles. The first-order chi connectivity index (χ1) is 9.25. The zero-order valence-electron chi connectivity index (χ0n) is 11.8. The van der Waals surface area contributed by atoms with E-state index in [0.717, 1.165) is 12.8 Å². The van der Waals surface area contributed by atoms with Crippen molar-refractivity contribution < 1.29 is 18.3 Å². The molecule has 0 unspecified atom stereocenters. The third kappa shape index (κ3) is 2.71. The number of carboxylic acid groups (broad SMARTS) is 1. The summed E-state index contributed by atoms with van der Waals surface area (Å²) in [5.41, 5.74) is -0.0300. The van der Waals surface area contributed by atoms with E-state index in [0.29, 0.717) is 12.5 Å². The smallest absolute Gasteiger partial charge is 0.340 e. The van der Waals surface area contributed by atoms with Crippen molar-refractivity contribution in [3.63, 3.8) is 0 Å². The lowest BCUT2D eigenvalue weighted by Gasteiger charge is -2.25. The minimum absolute atomic E-state index is 0.237. The molecule has 2 rings (SSSR count). The van der Waals surface area contributed by atoms with Crippen molar-refractivity contribution >= 4 is 16.0 Å². The molecular weight excluding hydrogens is 282 g/mol. The Morgan fingerprint density at radius 2 is 2.10 bits per heavy atom. The highest BCUT2D eigenvalue weighted by atomic mass is 32.2. The Hall–Kier alpha value is -1.41. The van der Waals surface area contributed by atoms with Crippen LogP contribution in [-0.4, -0.2) is 46.6 Å². The average molecular weight is 301 g/mol. The van der Waals surface area contributed by atoms with E-state index in [1.165, 1.54) is 11.2 Å². The van der Waals surface area contributed by atoms with E-state index in [-0.39, 0.29) is 17.3 Å². The van der Waals surface area contributed by atoms with Crippen molar-refractivity contribution in [2.75, 3.05) is 6.54 Å². The predicted octanol–water partition coefficient (Wildman–Crippen LogP) is 1.23. The van der Waals surface area contributed by atoms with Crippen molar-refractivity contribution in [3.8, 4) is 0 Å². The van der Waals surface area contributed by atoms with Crippen molar-refractivity contribution in [1.82, 2.24) is 14.5 Å². The molecule has 1 aromatic rings. The molecule has 112 valence electrons. The molecular formula is C12H19N3O4S. The highest BCUT2D eigenvalue weighted by Gasteiger charge is 2.37. The molecule has 0 amide bonds. The standard InChI is InChI=1S/C12H19N3O4S/c1-7(2)15(6-9-4-5-9)20(18,19)11-10(12(16)17)8(3)13-14-11/h7,9H,4-6H2,1-3H3,(H,13,14)(H,16,17). The number of nitrogens with zero attached hydrogens (tertiary/aromatic N) is 2. The second-order valence-electron chi connectivity index (χ2n) is 5.45. The molecule has 1 aliphatic carbocycles. The van der Waals surface area contributed by atoms with Gasteiger partial charge in [0, 0.05) is 18.3 Å². The lowest BCUT2D eigenvalue weighted by atomic mass is 10.3. The fraction of sp³-hybridized carbons (Fsp3) is 0.667. The second kappa shape index (κ2) is 5.17. The van der Waals surface area contributed by atoms with Gasteiger partial charge in [0.25, 0.3) is 10.0 Å². The van der Waals surface area contributed by atoms with Crippen LogP contribution in [0.2, 0.25) is 0 Å². The number of aromatic nitrogens is 2. The first-order valence-electron chi connectivity index (χ1n) is 6.55. The summed E-state index contributed by atoms with van der Waals surface area (Å²) >= 11 is 0. The molecule has 1 heterocycles. The monoisotopic (exact) mass is 301 g/mol. The first-order valence-corrected chi connectivity index (χ1v) is 7.99. The molecule has 0 aromatic carbocycles. The van der Waals surface area contributed by atoms with Gasteiger partial charge in [-0.05, 0) is 39.5 Å². The Morgan fingerprint density at radius 3 is 2.55 bits per heavy atom. The number of H-pyrrole nitrogens is 1.